The van der Waals surface area contributed by atoms with Crippen molar-refractivity contribution in [1.82, 2.24) is 19.9 Å². The number of fused-ring (bicyclic) bond motifs is 1. The minimum absolute atomic E-state index is 0.000799. The molecule has 0 saturated carbocycles. The third kappa shape index (κ3) is 4.49. The highest BCUT2D eigenvalue weighted by atomic mass is 32.2. The van der Waals surface area contributed by atoms with Gasteiger partial charge in [-0.2, -0.15) is 5.10 Å². The fraction of sp³-hybridized carbons (Fsp3) is 0.0385. The Bertz CT molecular complexity index is 1420. The minimum Gasteiger partial charge on any atom is -0.346 e. The van der Waals surface area contributed by atoms with E-state index in [-0.39, 0.29) is 12.1 Å². The van der Waals surface area contributed by atoms with Crippen LogP contribution >= 0.6 is 11.8 Å². The molecule has 2 heterocycles. The Balaban J connectivity index is 1.52. The van der Waals surface area contributed by atoms with Gasteiger partial charge in [-0.1, -0.05) is 72.4 Å². The summed E-state index contributed by atoms with van der Waals surface area (Å²) >= 11 is 1.54. The number of rotatable bonds is 6. The molecule has 0 saturated heterocycles. The normalized spacial score (nSPS) is 10.9. The third-order valence-electron chi connectivity index (χ3n) is 5.09. The van der Waals surface area contributed by atoms with Gasteiger partial charge in [-0.15, -0.1) is 0 Å². The van der Waals surface area contributed by atoms with Crippen molar-refractivity contribution in [2.45, 2.75) is 16.5 Å². The molecule has 0 bridgehead atoms. The maximum atomic E-state index is 14.1. The molecule has 33 heavy (non-hydrogen) atoms. The molecule has 0 radical (unpaired) electrons. The number of hydrogen-bond acceptors (Lipinski definition) is 4. The highest BCUT2D eigenvalue weighted by Crippen LogP contribution is 2.28. The van der Waals surface area contributed by atoms with E-state index in [2.05, 4.69) is 5.32 Å². The van der Waals surface area contributed by atoms with E-state index >= 15 is 0 Å². The van der Waals surface area contributed by atoms with Crippen LogP contribution in [0.2, 0.25) is 0 Å². The molecule has 0 aliphatic carbocycles. The fourth-order valence-electron chi connectivity index (χ4n) is 3.52. The van der Waals surface area contributed by atoms with Crippen LogP contribution in [-0.4, -0.2) is 20.5 Å². The lowest BCUT2D eigenvalue weighted by Crippen LogP contribution is -2.25. The maximum absolute atomic E-state index is 14.1. The van der Waals surface area contributed by atoms with Gasteiger partial charge in [0, 0.05) is 10.5 Å². The van der Waals surface area contributed by atoms with Gasteiger partial charge in [0.1, 0.15) is 10.8 Å². The minimum atomic E-state index is -0.559. The van der Waals surface area contributed by atoms with E-state index in [1.165, 1.54) is 12.1 Å². The highest BCUT2D eigenvalue weighted by molar-refractivity contribution is 7.99. The summed E-state index contributed by atoms with van der Waals surface area (Å²) in [5, 5.41) is 8.40. The van der Waals surface area contributed by atoms with E-state index in [1.54, 1.807) is 28.4 Å². The van der Waals surface area contributed by atoms with E-state index < -0.39 is 11.7 Å². The zero-order valence-corrected chi connectivity index (χ0v) is 18.3. The van der Waals surface area contributed by atoms with E-state index in [0.29, 0.717) is 5.65 Å². The zero-order chi connectivity index (χ0) is 22.6. The van der Waals surface area contributed by atoms with Crippen molar-refractivity contribution in [3.63, 3.8) is 0 Å². The molecule has 0 fully saturated rings. The lowest BCUT2D eigenvalue weighted by atomic mass is 10.1. The molecular weight excluding hydrogens is 435 g/mol. The molecule has 1 amide bonds. The molecule has 0 atom stereocenters. The van der Waals surface area contributed by atoms with Gasteiger partial charge in [0.05, 0.1) is 23.5 Å². The van der Waals surface area contributed by atoms with Gasteiger partial charge in [-0.25, -0.2) is 13.9 Å². The number of carbonyl (C=O) groups excluding carboxylic acids is 1. The number of hydrogen-bond donors (Lipinski definition) is 1. The summed E-state index contributed by atoms with van der Waals surface area (Å²) in [6, 6.07) is 29.5. The Morgan fingerprint density at radius 1 is 0.879 bits per heavy atom. The Morgan fingerprint density at radius 2 is 1.58 bits per heavy atom. The van der Waals surface area contributed by atoms with Gasteiger partial charge in [-0.3, -0.25) is 4.79 Å². The fourth-order valence-corrected chi connectivity index (χ4v) is 4.31. The zero-order valence-electron chi connectivity index (χ0n) is 17.5. The summed E-state index contributed by atoms with van der Waals surface area (Å²) in [6.07, 6.45) is 0. The number of nitrogens with zero attached hydrogens (tertiary/aromatic N) is 3. The Kier molecular flexibility index (Phi) is 5.87. The largest absolute Gasteiger partial charge is 0.346 e. The molecule has 0 aliphatic heterocycles. The second-order valence-electron chi connectivity index (χ2n) is 7.29. The molecule has 7 heteroatoms. The van der Waals surface area contributed by atoms with Crippen molar-refractivity contribution in [3.05, 3.63) is 114 Å². The van der Waals surface area contributed by atoms with Crippen LogP contribution in [0.15, 0.2) is 107 Å². The van der Waals surface area contributed by atoms with Crippen LogP contribution in [0.5, 0.6) is 0 Å². The number of benzene rings is 3. The van der Waals surface area contributed by atoms with Crippen molar-refractivity contribution in [2.24, 2.45) is 0 Å². The SMILES string of the molecule is O=C(NCc1c(-c2ccccc2)nc2ccc(Sc3ccccc3)nn12)c1ccccc1F. The predicted molar refractivity (Wildman–Crippen MR) is 127 cm³/mol. The maximum Gasteiger partial charge on any atom is 0.254 e. The van der Waals surface area contributed by atoms with E-state index in [0.717, 1.165) is 26.9 Å². The monoisotopic (exact) mass is 454 g/mol. The Morgan fingerprint density at radius 3 is 2.33 bits per heavy atom. The van der Waals surface area contributed by atoms with Crippen molar-refractivity contribution in [2.75, 3.05) is 0 Å². The number of aromatic nitrogens is 3. The van der Waals surface area contributed by atoms with Gasteiger partial charge in [0.15, 0.2) is 5.65 Å². The molecular formula is C26H19FN4OS. The molecule has 5 nitrogen and oxygen atoms in total. The predicted octanol–water partition coefficient (Wildman–Crippen LogP) is 5.62. The molecule has 2 aromatic heterocycles. The lowest BCUT2D eigenvalue weighted by Gasteiger charge is -2.09. The first kappa shape index (κ1) is 20.9. The summed E-state index contributed by atoms with van der Waals surface area (Å²) in [6.45, 7) is 0.144. The summed E-state index contributed by atoms with van der Waals surface area (Å²) in [4.78, 5) is 18.5. The number of amides is 1. The summed E-state index contributed by atoms with van der Waals surface area (Å²) in [5.41, 5.74) is 3.02. The third-order valence-corrected chi connectivity index (χ3v) is 6.03. The average molecular weight is 455 g/mol. The number of imidazole rings is 1. The average Bonchev–Trinajstić information content (AvgIpc) is 3.22. The molecule has 5 rings (SSSR count). The number of nitrogens with one attached hydrogen (secondary N) is 1. The van der Waals surface area contributed by atoms with Crippen LogP contribution in [0.25, 0.3) is 16.9 Å². The van der Waals surface area contributed by atoms with Gasteiger partial charge in [0.2, 0.25) is 0 Å². The van der Waals surface area contributed by atoms with Crippen molar-refractivity contribution >= 4 is 23.3 Å². The summed E-state index contributed by atoms with van der Waals surface area (Å²) < 4.78 is 15.8. The Hall–Kier alpha value is -3.97. The first-order valence-electron chi connectivity index (χ1n) is 10.4. The smallest absolute Gasteiger partial charge is 0.254 e. The van der Waals surface area contributed by atoms with Gasteiger partial charge in [0.25, 0.3) is 5.91 Å². The number of halogens is 1. The Labute approximate surface area is 194 Å². The van der Waals surface area contributed by atoms with Crippen LogP contribution in [0, 0.1) is 5.82 Å². The van der Waals surface area contributed by atoms with Crippen LogP contribution in [-0.2, 0) is 6.54 Å². The summed E-state index contributed by atoms with van der Waals surface area (Å²) in [7, 11) is 0. The van der Waals surface area contributed by atoms with Gasteiger partial charge >= 0.3 is 0 Å². The first-order chi connectivity index (χ1) is 16.2. The van der Waals surface area contributed by atoms with E-state index in [9.17, 15) is 9.18 Å². The van der Waals surface area contributed by atoms with Crippen LogP contribution in [0.1, 0.15) is 16.1 Å². The quantitative estimate of drug-likeness (QED) is 0.362. The van der Waals surface area contributed by atoms with Gasteiger partial charge < -0.3 is 5.32 Å². The first-order valence-corrected chi connectivity index (χ1v) is 11.2. The van der Waals surface area contributed by atoms with Crippen LogP contribution in [0.4, 0.5) is 4.39 Å². The molecule has 0 aliphatic rings. The van der Waals surface area contributed by atoms with Crippen LogP contribution < -0.4 is 5.32 Å². The molecule has 0 spiro atoms. The van der Waals surface area contributed by atoms with Gasteiger partial charge in [-0.05, 0) is 36.4 Å². The van der Waals surface area contributed by atoms with Crippen molar-refractivity contribution in [1.29, 1.82) is 0 Å². The topological polar surface area (TPSA) is 59.3 Å². The molecule has 3 aromatic carbocycles. The van der Waals surface area contributed by atoms with Crippen molar-refractivity contribution in [3.8, 4) is 11.3 Å². The van der Waals surface area contributed by atoms with E-state index in [4.69, 9.17) is 10.1 Å². The second kappa shape index (κ2) is 9.26. The van der Waals surface area contributed by atoms with Crippen LogP contribution in [0.3, 0.4) is 0 Å². The highest BCUT2D eigenvalue weighted by Gasteiger charge is 2.18. The van der Waals surface area contributed by atoms with Crippen molar-refractivity contribution < 1.29 is 9.18 Å². The second-order valence-corrected chi connectivity index (χ2v) is 8.39. The molecule has 162 valence electrons. The standard InChI is InChI=1S/C26H19FN4OS/c27-21-14-8-7-13-20(21)26(32)28-17-22-25(18-9-3-1-4-10-18)29-23-15-16-24(30-31(22)23)33-19-11-5-2-6-12-19/h1-16H,17H2,(H,28,32). The molecule has 1 N–H and O–H groups in total. The molecule has 5 aromatic rings. The number of carbonyl (C=O) groups is 1. The lowest BCUT2D eigenvalue weighted by molar-refractivity contribution is 0.0946. The van der Waals surface area contributed by atoms with E-state index in [1.807, 2.05) is 72.8 Å². The summed E-state index contributed by atoms with van der Waals surface area (Å²) in [5.74, 6) is -1.05. The molecule has 0 unspecified atom stereocenters.